The van der Waals surface area contributed by atoms with Crippen LogP contribution in [0.15, 0.2) is 77.3 Å². The van der Waals surface area contributed by atoms with E-state index < -0.39 is 0 Å². The highest BCUT2D eigenvalue weighted by Gasteiger charge is 2.30. The SMILES string of the molecule is Cc1cc(C(=O)N2CCC(C(=O)NC(c3ccccc3)c3ccc4ccccc4n3)CC2)no1. The second-order valence-corrected chi connectivity index (χ2v) is 8.67. The molecule has 34 heavy (non-hydrogen) atoms. The lowest BCUT2D eigenvalue weighted by Crippen LogP contribution is -2.44. The summed E-state index contributed by atoms with van der Waals surface area (Å²) in [6.07, 6.45) is 1.20. The van der Waals surface area contributed by atoms with Crippen molar-refractivity contribution in [3.05, 3.63) is 95.5 Å². The molecule has 3 heterocycles. The number of pyridine rings is 1. The van der Waals surface area contributed by atoms with Gasteiger partial charge in [-0.05, 0) is 37.5 Å². The van der Waals surface area contributed by atoms with Crippen LogP contribution in [-0.2, 0) is 4.79 Å². The van der Waals surface area contributed by atoms with Gasteiger partial charge in [0.1, 0.15) is 5.76 Å². The second kappa shape index (κ2) is 9.47. The van der Waals surface area contributed by atoms with Gasteiger partial charge in [0.05, 0.1) is 17.3 Å². The lowest BCUT2D eigenvalue weighted by Gasteiger charge is -2.31. The second-order valence-electron chi connectivity index (χ2n) is 8.67. The Labute approximate surface area is 197 Å². The number of fused-ring (bicyclic) bond motifs is 1. The van der Waals surface area contributed by atoms with Crippen LogP contribution in [0.4, 0.5) is 0 Å². The van der Waals surface area contributed by atoms with Crippen molar-refractivity contribution in [2.24, 2.45) is 5.92 Å². The summed E-state index contributed by atoms with van der Waals surface area (Å²) in [6, 6.07) is 23.1. The van der Waals surface area contributed by atoms with E-state index in [2.05, 4.69) is 10.5 Å². The number of aromatic nitrogens is 2. The third kappa shape index (κ3) is 4.55. The predicted molar refractivity (Wildman–Crippen MR) is 128 cm³/mol. The fraction of sp³-hybridized carbons (Fsp3) is 0.259. The van der Waals surface area contributed by atoms with Gasteiger partial charge in [-0.3, -0.25) is 14.6 Å². The summed E-state index contributed by atoms with van der Waals surface area (Å²) >= 11 is 0. The minimum Gasteiger partial charge on any atom is -0.361 e. The molecule has 1 unspecified atom stereocenters. The van der Waals surface area contributed by atoms with Crippen LogP contribution in [0, 0.1) is 12.8 Å². The summed E-state index contributed by atoms with van der Waals surface area (Å²) < 4.78 is 5.02. The topological polar surface area (TPSA) is 88.3 Å². The number of likely N-dealkylation sites (tertiary alicyclic amines) is 1. The molecular weight excluding hydrogens is 428 g/mol. The number of hydrogen-bond donors (Lipinski definition) is 1. The number of para-hydroxylation sites is 1. The van der Waals surface area contributed by atoms with Crippen molar-refractivity contribution in [1.82, 2.24) is 20.4 Å². The Morgan fingerprint density at radius 2 is 1.74 bits per heavy atom. The lowest BCUT2D eigenvalue weighted by molar-refractivity contribution is -0.126. The summed E-state index contributed by atoms with van der Waals surface area (Å²) in [5, 5.41) is 8.11. The number of carbonyl (C=O) groups excluding carboxylic acids is 2. The molecular formula is C27H26N4O3. The standard InChI is InChI=1S/C27H26N4O3/c1-18-17-24(30-34-18)27(33)31-15-13-21(14-16-31)26(32)29-25(20-8-3-2-4-9-20)23-12-11-19-7-5-6-10-22(19)28-23/h2-12,17,21,25H,13-16H2,1H3,(H,29,32). The maximum absolute atomic E-state index is 13.3. The van der Waals surface area contributed by atoms with E-state index in [0.29, 0.717) is 37.4 Å². The van der Waals surface area contributed by atoms with Crippen LogP contribution in [0.1, 0.15) is 46.4 Å². The largest absolute Gasteiger partial charge is 0.361 e. The van der Waals surface area contributed by atoms with Crippen LogP contribution >= 0.6 is 0 Å². The van der Waals surface area contributed by atoms with Crippen molar-refractivity contribution in [2.45, 2.75) is 25.8 Å². The number of benzene rings is 2. The zero-order chi connectivity index (χ0) is 23.5. The Morgan fingerprint density at radius 3 is 2.47 bits per heavy atom. The highest BCUT2D eigenvalue weighted by Crippen LogP contribution is 2.26. The molecule has 0 spiro atoms. The van der Waals surface area contributed by atoms with Gasteiger partial charge in [-0.15, -0.1) is 0 Å². The maximum atomic E-state index is 13.3. The van der Waals surface area contributed by atoms with E-state index >= 15 is 0 Å². The highest BCUT2D eigenvalue weighted by atomic mass is 16.5. The molecule has 0 saturated carbocycles. The van der Waals surface area contributed by atoms with E-state index in [4.69, 9.17) is 9.51 Å². The van der Waals surface area contributed by atoms with Crippen LogP contribution < -0.4 is 5.32 Å². The fourth-order valence-corrected chi connectivity index (χ4v) is 4.45. The van der Waals surface area contributed by atoms with Gasteiger partial charge in [0.15, 0.2) is 5.69 Å². The molecule has 2 aromatic heterocycles. The van der Waals surface area contributed by atoms with E-state index in [1.54, 1.807) is 17.9 Å². The number of aryl methyl sites for hydroxylation is 1. The maximum Gasteiger partial charge on any atom is 0.276 e. The molecule has 0 radical (unpaired) electrons. The van der Waals surface area contributed by atoms with Crippen molar-refractivity contribution in [3.63, 3.8) is 0 Å². The molecule has 1 aliphatic rings. The summed E-state index contributed by atoms with van der Waals surface area (Å²) in [6.45, 7) is 2.77. The van der Waals surface area contributed by atoms with Crippen LogP contribution in [0.2, 0.25) is 0 Å². The Hall–Kier alpha value is -4.00. The van der Waals surface area contributed by atoms with Gasteiger partial charge in [0.2, 0.25) is 5.91 Å². The molecule has 1 N–H and O–H groups in total. The van der Waals surface area contributed by atoms with Crippen molar-refractivity contribution >= 4 is 22.7 Å². The number of nitrogens with one attached hydrogen (secondary N) is 1. The van der Waals surface area contributed by atoms with Crippen LogP contribution in [0.5, 0.6) is 0 Å². The van der Waals surface area contributed by atoms with Crippen molar-refractivity contribution in [1.29, 1.82) is 0 Å². The first-order chi connectivity index (χ1) is 16.6. The van der Waals surface area contributed by atoms with Crippen molar-refractivity contribution in [3.8, 4) is 0 Å². The quantitative estimate of drug-likeness (QED) is 0.486. The Balaban J connectivity index is 1.31. The average molecular weight is 455 g/mol. The summed E-state index contributed by atoms with van der Waals surface area (Å²) in [4.78, 5) is 32.5. The van der Waals surface area contributed by atoms with Gasteiger partial charge in [0, 0.05) is 30.5 Å². The minimum absolute atomic E-state index is 0.0202. The molecule has 172 valence electrons. The number of amides is 2. The first kappa shape index (κ1) is 21.8. The fourth-order valence-electron chi connectivity index (χ4n) is 4.45. The van der Waals surface area contributed by atoms with Crippen LogP contribution in [0.3, 0.4) is 0 Å². The number of carbonyl (C=O) groups is 2. The number of rotatable bonds is 5. The van der Waals surface area contributed by atoms with Gasteiger partial charge in [-0.25, -0.2) is 0 Å². The third-order valence-corrected chi connectivity index (χ3v) is 6.34. The number of piperidine rings is 1. The van der Waals surface area contributed by atoms with Gasteiger partial charge in [0.25, 0.3) is 5.91 Å². The van der Waals surface area contributed by atoms with E-state index in [0.717, 1.165) is 22.2 Å². The molecule has 0 aliphatic carbocycles. The molecule has 4 aromatic rings. The molecule has 1 aliphatic heterocycles. The molecule has 1 fully saturated rings. The van der Waals surface area contributed by atoms with Gasteiger partial charge >= 0.3 is 0 Å². The van der Waals surface area contributed by atoms with Gasteiger partial charge in [-0.1, -0.05) is 59.8 Å². The smallest absolute Gasteiger partial charge is 0.276 e. The zero-order valence-electron chi connectivity index (χ0n) is 19.0. The van der Waals surface area contributed by atoms with Crippen molar-refractivity contribution in [2.75, 3.05) is 13.1 Å². The summed E-state index contributed by atoms with van der Waals surface area (Å²) in [5.74, 6) is 0.257. The molecule has 5 rings (SSSR count). The number of hydrogen-bond acceptors (Lipinski definition) is 5. The predicted octanol–water partition coefficient (Wildman–Crippen LogP) is 4.29. The summed E-state index contributed by atoms with van der Waals surface area (Å²) in [7, 11) is 0. The molecule has 1 saturated heterocycles. The van der Waals surface area contributed by atoms with Crippen LogP contribution in [-0.4, -0.2) is 39.9 Å². The first-order valence-electron chi connectivity index (χ1n) is 11.5. The van der Waals surface area contributed by atoms with E-state index in [9.17, 15) is 9.59 Å². The minimum atomic E-state index is -0.351. The highest BCUT2D eigenvalue weighted by molar-refractivity contribution is 5.92. The first-order valence-corrected chi connectivity index (χ1v) is 11.5. The van der Waals surface area contributed by atoms with E-state index in [-0.39, 0.29) is 23.8 Å². The molecule has 2 amide bonds. The molecule has 0 bridgehead atoms. The number of nitrogens with zero attached hydrogens (tertiary/aromatic N) is 3. The van der Waals surface area contributed by atoms with Gasteiger partial charge in [-0.2, -0.15) is 0 Å². The van der Waals surface area contributed by atoms with Crippen molar-refractivity contribution < 1.29 is 14.1 Å². The third-order valence-electron chi connectivity index (χ3n) is 6.34. The Morgan fingerprint density at radius 1 is 1.00 bits per heavy atom. The molecule has 2 aromatic carbocycles. The molecule has 7 heteroatoms. The average Bonchev–Trinajstić information content (AvgIpc) is 3.33. The zero-order valence-corrected chi connectivity index (χ0v) is 19.0. The Bertz CT molecular complexity index is 1310. The lowest BCUT2D eigenvalue weighted by atomic mass is 9.94. The van der Waals surface area contributed by atoms with E-state index in [1.165, 1.54) is 0 Å². The summed E-state index contributed by atoms with van der Waals surface area (Å²) in [5.41, 5.74) is 2.98. The van der Waals surface area contributed by atoms with E-state index in [1.807, 2.05) is 66.7 Å². The van der Waals surface area contributed by atoms with Gasteiger partial charge < -0.3 is 14.7 Å². The normalized spacial score (nSPS) is 15.3. The van der Waals surface area contributed by atoms with Crippen LogP contribution in [0.25, 0.3) is 10.9 Å². The Kier molecular flexibility index (Phi) is 6.08. The molecule has 7 nitrogen and oxygen atoms in total. The molecule has 1 atom stereocenters. The monoisotopic (exact) mass is 454 g/mol.